The van der Waals surface area contributed by atoms with Gasteiger partial charge in [-0.25, -0.2) is 0 Å². The van der Waals surface area contributed by atoms with E-state index in [0.717, 1.165) is 5.56 Å². The Kier molecular flexibility index (Phi) is 6.65. The van der Waals surface area contributed by atoms with Crippen molar-refractivity contribution in [2.24, 2.45) is 0 Å². The lowest BCUT2D eigenvalue weighted by molar-refractivity contribution is -0.120. The molecule has 0 aliphatic rings. The van der Waals surface area contributed by atoms with E-state index in [9.17, 15) is 9.59 Å². The summed E-state index contributed by atoms with van der Waals surface area (Å²) in [5.74, 6) is 0.311. The van der Waals surface area contributed by atoms with Crippen LogP contribution in [0.4, 0.5) is 0 Å². The van der Waals surface area contributed by atoms with Crippen LogP contribution >= 0.6 is 11.6 Å². The van der Waals surface area contributed by atoms with E-state index in [1.807, 2.05) is 12.1 Å². The molecule has 2 amide bonds. The van der Waals surface area contributed by atoms with Gasteiger partial charge in [0, 0.05) is 23.2 Å². The Bertz CT molecular complexity index is 725. The first kappa shape index (κ1) is 18.6. The number of hydrogen-bond acceptors (Lipinski definition) is 4. The summed E-state index contributed by atoms with van der Waals surface area (Å²) >= 11 is 5.81. The molecular weight excluding hydrogens is 344 g/mol. The maximum absolute atomic E-state index is 12.2. The summed E-state index contributed by atoms with van der Waals surface area (Å²) in [6.07, 6.45) is 0. The summed E-state index contributed by atoms with van der Waals surface area (Å²) in [5, 5.41) is 5.92. The van der Waals surface area contributed by atoms with E-state index >= 15 is 0 Å². The zero-order valence-electron chi connectivity index (χ0n) is 14.0. The average Bonchev–Trinajstić information content (AvgIpc) is 2.65. The molecular formula is C18H19ClN2O4. The van der Waals surface area contributed by atoms with Crippen LogP contribution in [0.1, 0.15) is 15.9 Å². The van der Waals surface area contributed by atoms with Gasteiger partial charge >= 0.3 is 0 Å². The van der Waals surface area contributed by atoms with Crippen LogP contribution in [0.3, 0.4) is 0 Å². The van der Waals surface area contributed by atoms with Gasteiger partial charge in [0.15, 0.2) is 0 Å². The number of methoxy groups -OCH3 is 2. The molecule has 0 spiro atoms. The highest BCUT2D eigenvalue weighted by molar-refractivity contribution is 6.30. The molecule has 0 aliphatic carbocycles. The molecule has 0 unspecified atom stereocenters. The van der Waals surface area contributed by atoms with Gasteiger partial charge in [-0.15, -0.1) is 0 Å². The fourth-order valence-electron chi connectivity index (χ4n) is 2.07. The van der Waals surface area contributed by atoms with Gasteiger partial charge in [0.2, 0.25) is 5.91 Å². The topological polar surface area (TPSA) is 76.7 Å². The van der Waals surface area contributed by atoms with Gasteiger partial charge in [0.05, 0.1) is 20.8 Å². The molecule has 0 saturated carbocycles. The molecule has 2 aromatic rings. The third-order valence-electron chi connectivity index (χ3n) is 3.43. The average molecular weight is 363 g/mol. The SMILES string of the molecule is COc1cc(OC)cc(C(=O)NCC(=O)NCc2ccc(Cl)cc2)c1. The highest BCUT2D eigenvalue weighted by Gasteiger charge is 2.11. The maximum Gasteiger partial charge on any atom is 0.251 e. The van der Waals surface area contributed by atoms with E-state index in [0.29, 0.717) is 28.6 Å². The molecule has 2 aromatic carbocycles. The first-order chi connectivity index (χ1) is 12.0. The smallest absolute Gasteiger partial charge is 0.251 e. The summed E-state index contributed by atoms with van der Waals surface area (Å²) in [7, 11) is 3.00. The summed E-state index contributed by atoms with van der Waals surface area (Å²) in [6.45, 7) is 0.227. The second kappa shape index (κ2) is 8.94. The Morgan fingerprint density at radius 1 is 0.960 bits per heavy atom. The van der Waals surface area contributed by atoms with Gasteiger partial charge in [0.25, 0.3) is 5.91 Å². The molecule has 2 rings (SSSR count). The lowest BCUT2D eigenvalue weighted by atomic mass is 10.2. The third-order valence-corrected chi connectivity index (χ3v) is 3.68. The Morgan fingerprint density at radius 2 is 1.56 bits per heavy atom. The molecule has 0 heterocycles. The highest BCUT2D eigenvalue weighted by atomic mass is 35.5. The molecule has 0 aromatic heterocycles. The summed E-state index contributed by atoms with van der Waals surface area (Å²) in [4.78, 5) is 24.0. The Hall–Kier alpha value is -2.73. The normalized spacial score (nSPS) is 10.0. The standard InChI is InChI=1S/C18H19ClN2O4/c1-24-15-7-13(8-16(9-15)25-2)18(23)21-11-17(22)20-10-12-3-5-14(19)6-4-12/h3-9H,10-11H2,1-2H3,(H,20,22)(H,21,23). The first-order valence-electron chi connectivity index (χ1n) is 7.54. The minimum atomic E-state index is -0.390. The van der Waals surface area contributed by atoms with Crippen molar-refractivity contribution in [2.75, 3.05) is 20.8 Å². The number of rotatable bonds is 7. The van der Waals surface area contributed by atoms with Crippen LogP contribution in [0, 0.1) is 0 Å². The molecule has 132 valence electrons. The van der Waals surface area contributed by atoms with Crippen LogP contribution < -0.4 is 20.1 Å². The highest BCUT2D eigenvalue weighted by Crippen LogP contribution is 2.22. The van der Waals surface area contributed by atoms with E-state index in [4.69, 9.17) is 21.1 Å². The van der Waals surface area contributed by atoms with Gasteiger partial charge in [-0.2, -0.15) is 0 Å². The predicted octanol–water partition coefficient (Wildman–Crippen LogP) is 2.40. The lowest BCUT2D eigenvalue weighted by Gasteiger charge is -2.10. The van der Waals surface area contributed by atoms with E-state index in [1.54, 1.807) is 30.3 Å². The van der Waals surface area contributed by atoms with Crippen LogP contribution in [0.15, 0.2) is 42.5 Å². The number of amides is 2. The minimum Gasteiger partial charge on any atom is -0.497 e. The quantitative estimate of drug-likeness (QED) is 0.793. The molecule has 0 atom stereocenters. The Labute approximate surface area is 151 Å². The lowest BCUT2D eigenvalue weighted by Crippen LogP contribution is -2.36. The monoisotopic (exact) mass is 362 g/mol. The third kappa shape index (κ3) is 5.69. The van der Waals surface area contributed by atoms with Crippen molar-refractivity contribution in [3.05, 3.63) is 58.6 Å². The van der Waals surface area contributed by atoms with Crippen molar-refractivity contribution in [1.82, 2.24) is 10.6 Å². The van der Waals surface area contributed by atoms with Crippen molar-refractivity contribution < 1.29 is 19.1 Å². The van der Waals surface area contributed by atoms with Gasteiger partial charge in [0.1, 0.15) is 11.5 Å². The number of halogens is 1. The van der Waals surface area contributed by atoms with Crippen LogP contribution in [0.25, 0.3) is 0 Å². The fourth-order valence-corrected chi connectivity index (χ4v) is 2.19. The van der Waals surface area contributed by atoms with E-state index in [1.165, 1.54) is 14.2 Å². The molecule has 0 aliphatic heterocycles. The molecule has 25 heavy (non-hydrogen) atoms. The number of carbonyl (C=O) groups is 2. The van der Waals surface area contributed by atoms with Gasteiger partial charge in [-0.1, -0.05) is 23.7 Å². The van der Waals surface area contributed by atoms with E-state index in [-0.39, 0.29) is 18.4 Å². The second-order valence-electron chi connectivity index (χ2n) is 5.19. The summed E-state index contributed by atoms with van der Waals surface area (Å²) < 4.78 is 10.2. The van der Waals surface area contributed by atoms with Gasteiger partial charge < -0.3 is 20.1 Å². The molecule has 0 fully saturated rings. The van der Waals surface area contributed by atoms with Crippen LogP contribution in [0.2, 0.25) is 5.02 Å². The zero-order chi connectivity index (χ0) is 18.2. The zero-order valence-corrected chi connectivity index (χ0v) is 14.7. The predicted molar refractivity (Wildman–Crippen MR) is 95.2 cm³/mol. The van der Waals surface area contributed by atoms with Crippen molar-refractivity contribution in [2.45, 2.75) is 6.54 Å². The minimum absolute atomic E-state index is 0.133. The van der Waals surface area contributed by atoms with E-state index in [2.05, 4.69) is 10.6 Å². The number of benzene rings is 2. The Balaban J connectivity index is 1.86. The Morgan fingerprint density at radius 3 is 2.12 bits per heavy atom. The number of nitrogens with one attached hydrogen (secondary N) is 2. The number of ether oxygens (including phenoxy) is 2. The molecule has 2 N–H and O–H groups in total. The molecule has 6 nitrogen and oxygen atoms in total. The number of hydrogen-bond donors (Lipinski definition) is 2. The van der Waals surface area contributed by atoms with Crippen molar-refractivity contribution in [1.29, 1.82) is 0 Å². The molecule has 0 saturated heterocycles. The fraction of sp³-hybridized carbons (Fsp3) is 0.222. The molecule has 0 radical (unpaired) electrons. The second-order valence-corrected chi connectivity index (χ2v) is 5.62. The van der Waals surface area contributed by atoms with Crippen LogP contribution in [0.5, 0.6) is 11.5 Å². The van der Waals surface area contributed by atoms with Gasteiger partial charge in [-0.05, 0) is 29.8 Å². The molecule has 7 heteroatoms. The van der Waals surface area contributed by atoms with Crippen molar-refractivity contribution in [3.8, 4) is 11.5 Å². The largest absolute Gasteiger partial charge is 0.497 e. The van der Waals surface area contributed by atoms with Crippen LogP contribution in [-0.4, -0.2) is 32.6 Å². The van der Waals surface area contributed by atoms with Crippen molar-refractivity contribution in [3.63, 3.8) is 0 Å². The van der Waals surface area contributed by atoms with Gasteiger partial charge in [-0.3, -0.25) is 9.59 Å². The number of carbonyl (C=O) groups excluding carboxylic acids is 2. The molecule has 0 bridgehead atoms. The first-order valence-corrected chi connectivity index (χ1v) is 7.92. The van der Waals surface area contributed by atoms with Crippen molar-refractivity contribution >= 4 is 23.4 Å². The summed E-state index contributed by atoms with van der Waals surface area (Å²) in [6, 6.07) is 12.0. The van der Waals surface area contributed by atoms with E-state index < -0.39 is 0 Å². The maximum atomic E-state index is 12.2. The summed E-state index contributed by atoms with van der Waals surface area (Å²) in [5.41, 5.74) is 1.27. The van der Waals surface area contributed by atoms with Crippen LogP contribution in [-0.2, 0) is 11.3 Å².